The predicted molar refractivity (Wildman–Crippen MR) is 148 cm³/mol. The molecule has 1 N–H and O–H groups in total. The summed E-state index contributed by atoms with van der Waals surface area (Å²) in [5, 5.41) is 5.56. The molecule has 0 unspecified atom stereocenters. The lowest BCUT2D eigenvalue weighted by Crippen LogP contribution is -2.34. The molecule has 192 valence electrons. The maximum atomic E-state index is 14.3. The van der Waals surface area contributed by atoms with Crippen molar-refractivity contribution >= 4 is 39.3 Å². The number of benzene rings is 2. The van der Waals surface area contributed by atoms with Gasteiger partial charge in [0.15, 0.2) is 0 Å². The highest BCUT2D eigenvalue weighted by atomic mass is 16.2. The van der Waals surface area contributed by atoms with Gasteiger partial charge in [-0.1, -0.05) is 38.1 Å². The summed E-state index contributed by atoms with van der Waals surface area (Å²) in [7, 11) is 0. The van der Waals surface area contributed by atoms with Crippen LogP contribution in [0.5, 0.6) is 0 Å². The van der Waals surface area contributed by atoms with E-state index < -0.39 is 5.92 Å². The van der Waals surface area contributed by atoms with E-state index in [0.717, 1.165) is 52.4 Å². The quantitative estimate of drug-likeness (QED) is 0.435. The lowest BCUT2D eigenvalue weighted by Gasteiger charge is -2.24. The lowest BCUT2D eigenvalue weighted by molar-refractivity contribution is -0.139. The SMILES string of the molecule is CC(=O)N1CC2=C(C1=O)[C@@H](c1cc3cccc4c3n(c1=O)CCC4)c1cn(CC(C)C)c3cccc(c13)N2. The summed E-state index contributed by atoms with van der Waals surface area (Å²) in [6, 6.07) is 14.3. The predicted octanol–water partition coefficient (Wildman–Crippen LogP) is 4.76. The molecule has 2 aromatic heterocycles. The van der Waals surface area contributed by atoms with E-state index in [0.29, 0.717) is 29.3 Å². The number of para-hydroxylation sites is 1. The molecule has 7 heteroatoms. The van der Waals surface area contributed by atoms with E-state index in [1.807, 2.05) is 28.8 Å². The van der Waals surface area contributed by atoms with Crippen LogP contribution in [0.25, 0.3) is 21.8 Å². The summed E-state index contributed by atoms with van der Waals surface area (Å²) in [4.78, 5) is 41.9. The number of nitrogens with zero attached hydrogens (tertiary/aromatic N) is 3. The van der Waals surface area contributed by atoms with E-state index in [2.05, 4.69) is 48.1 Å². The Hall–Kier alpha value is -4.13. The molecule has 5 heterocycles. The summed E-state index contributed by atoms with van der Waals surface area (Å²) in [5.74, 6) is -0.786. The Morgan fingerprint density at radius 2 is 1.92 bits per heavy atom. The molecule has 7 nitrogen and oxygen atoms in total. The average molecular weight is 507 g/mol. The highest BCUT2D eigenvalue weighted by molar-refractivity contribution is 6.11. The Labute approximate surface area is 220 Å². The Bertz CT molecular complexity index is 1790. The van der Waals surface area contributed by atoms with Gasteiger partial charge in [-0.15, -0.1) is 0 Å². The van der Waals surface area contributed by atoms with Gasteiger partial charge in [0.05, 0.1) is 23.2 Å². The Balaban J connectivity index is 1.57. The zero-order chi connectivity index (χ0) is 26.3. The number of carbonyl (C=O) groups excluding carboxylic acids is 2. The molecule has 0 spiro atoms. The van der Waals surface area contributed by atoms with Gasteiger partial charge in [0.1, 0.15) is 0 Å². The van der Waals surface area contributed by atoms with E-state index >= 15 is 0 Å². The number of aromatic nitrogens is 2. The fourth-order valence-corrected chi connectivity index (χ4v) is 6.73. The summed E-state index contributed by atoms with van der Waals surface area (Å²) in [6.07, 6.45) is 3.98. The van der Waals surface area contributed by atoms with Crippen molar-refractivity contribution in [2.24, 2.45) is 5.92 Å². The molecule has 0 fully saturated rings. The summed E-state index contributed by atoms with van der Waals surface area (Å²) in [6.45, 7) is 7.43. The van der Waals surface area contributed by atoms with Crippen molar-refractivity contribution in [1.82, 2.24) is 14.0 Å². The van der Waals surface area contributed by atoms with Crippen molar-refractivity contribution < 1.29 is 9.59 Å². The van der Waals surface area contributed by atoms with Crippen molar-refractivity contribution in [2.45, 2.75) is 52.6 Å². The smallest absolute Gasteiger partial charge is 0.259 e. The van der Waals surface area contributed by atoms with Gasteiger partial charge >= 0.3 is 0 Å². The van der Waals surface area contributed by atoms with Crippen LogP contribution in [0, 0.1) is 5.92 Å². The summed E-state index contributed by atoms with van der Waals surface area (Å²) >= 11 is 0. The number of hydrogen-bond donors (Lipinski definition) is 1. The van der Waals surface area contributed by atoms with Crippen molar-refractivity contribution in [3.05, 3.63) is 87.0 Å². The number of anilines is 1. The van der Waals surface area contributed by atoms with Gasteiger partial charge < -0.3 is 14.5 Å². The standard InChI is InChI=1S/C31H30N4O3/c1-17(2)14-33-15-22-26(21-13-20-8-4-7-19-9-6-12-34(29(19)20)30(21)37)28-24(16-35(18(3)36)31(28)38)32-23-10-5-11-25(33)27(22)23/h4-5,7-8,10-11,13,15,17,26,32H,6,9,12,14,16H2,1-3H3/t26-/m0/s1. The molecule has 3 aliphatic rings. The second-order valence-electron chi connectivity index (χ2n) is 11.2. The number of carbonyl (C=O) groups is 2. The van der Waals surface area contributed by atoms with Gasteiger partial charge in [-0.2, -0.15) is 0 Å². The minimum atomic E-state index is -0.583. The van der Waals surface area contributed by atoms with Crippen LogP contribution in [0.15, 0.2) is 64.7 Å². The van der Waals surface area contributed by atoms with Crippen LogP contribution < -0.4 is 10.9 Å². The first-order chi connectivity index (χ1) is 18.3. The minimum absolute atomic E-state index is 0.0558. The van der Waals surface area contributed by atoms with Crippen LogP contribution >= 0.6 is 0 Å². The van der Waals surface area contributed by atoms with E-state index in [9.17, 15) is 14.4 Å². The Morgan fingerprint density at radius 1 is 1.11 bits per heavy atom. The fourth-order valence-electron chi connectivity index (χ4n) is 6.73. The highest BCUT2D eigenvalue weighted by Crippen LogP contribution is 2.46. The van der Waals surface area contributed by atoms with E-state index in [1.165, 1.54) is 17.4 Å². The molecular formula is C31H30N4O3. The largest absolute Gasteiger partial charge is 0.356 e. The maximum absolute atomic E-state index is 14.3. The van der Waals surface area contributed by atoms with Crippen molar-refractivity contribution in [3.8, 4) is 0 Å². The number of imide groups is 1. The molecule has 0 radical (unpaired) electrons. The zero-order valence-corrected chi connectivity index (χ0v) is 21.9. The number of nitrogens with one attached hydrogen (secondary N) is 1. The van der Waals surface area contributed by atoms with Gasteiger partial charge in [-0.3, -0.25) is 19.3 Å². The van der Waals surface area contributed by atoms with Crippen LogP contribution in [-0.4, -0.2) is 32.4 Å². The molecule has 38 heavy (non-hydrogen) atoms. The monoisotopic (exact) mass is 506 g/mol. The van der Waals surface area contributed by atoms with Gasteiger partial charge in [-0.05, 0) is 53.5 Å². The maximum Gasteiger partial charge on any atom is 0.259 e. The van der Waals surface area contributed by atoms with Gasteiger partial charge in [0.25, 0.3) is 11.5 Å². The van der Waals surface area contributed by atoms with Gasteiger partial charge in [0.2, 0.25) is 5.91 Å². The molecule has 0 aliphatic carbocycles. The molecule has 4 aromatic rings. The lowest BCUT2D eigenvalue weighted by atomic mass is 9.84. The van der Waals surface area contributed by atoms with E-state index in [1.54, 1.807) is 0 Å². The molecule has 0 bridgehead atoms. The number of pyridine rings is 1. The number of hydrogen-bond acceptors (Lipinski definition) is 4. The van der Waals surface area contributed by atoms with Gasteiger partial charge in [-0.25, -0.2) is 0 Å². The van der Waals surface area contributed by atoms with Crippen molar-refractivity contribution in [3.63, 3.8) is 0 Å². The highest BCUT2D eigenvalue weighted by Gasteiger charge is 2.43. The van der Waals surface area contributed by atoms with Crippen LogP contribution in [0.4, 0.5) is 5.69 Å². The number of aryl methyl sites for hydroxylation is 2. The van der Waals surface area contributed by atoms with Crippen molar-refractivity contribution in [1.29, 1.82) is 0 Å². The van der Waals surface area contributed by atoms with Crippen LogP contribution in [0.3, 0.4) is 0 Å². The normalized spacial score (nSPS) is 18.4. The molecular weight excluding hydrogens is 476 g/mol. The first kappa shape index (κ1) is 23.0. The molecule has 7 rings (SSSR count). The Kier molecular flexibility index (Phi) is 4.96. The van der Waals surface area contributed by atoms with Crippen molar-refractivity contribution in [2.75, 3.05) is 11.9 Å². The summed E-state index contributed by atoms with van der Waals surface area (Å²) in [5.41, 5.74) is 6.82. The average Bonchev–Trinajstić information content (AvgIpc) is 3.36. The first-order valence-electron chi connectivity index (χ1n) is 13.4. The summed E-state index contributed by atoms with van der Waals surface area (Å²) < 4.78 is 4.14. The fraction of sp³-hybridized carbons (Fsp3) is 0.323. The molecule has 2 amide bonds. The van der Waals surface area contributed by atoms with Crippen LogP contribution in [0.2, 0.25) is 0 Å². The second-order valence-corrected chi connectivity index (χ2v) is 11.2. The zero-order valence-electron chi connectivity index (χ0n) is 21.9. The minimum Gasteiger partial charge on any atom is -0.356 e. The third kappa shape index (κ3) is 3.17. The number of amides is 2. The topological polar surface area (TPSA) is 76.3 Å². The first-order valence-corrected chi connectivity index (χ1v) is 13.4. The Morgan fingerprint density at radius 3 is 2.71 bits per heavy atom. The third-order valence-corrected chi connectivity index (χ3v) is 8.24. The molecule has 1 atom stereocenters. The number of rotatable bonds is 3. The second kappa shape index (κ2) is 8.18. The third-order valence-electron chi connectivity index (χ3n) is 8.24. The van der Waals surface area contributed by atoms with Crippen LogP contribution in [0.1, 0.15) is 49.8 Å². The molecule has 2 aromatic carbocycles. The molecule has 0 saturated heterocycles. The van der Waals surface area contributed by atoms with E-state index in [4.69, 9.17) is 0 Å². The molecule has 0 saturated carbocycles. The van der Waals surface area contributed by atoms with Gasteiger partial charge in [0, 0.05) is 54.5 Å². The van der Waals surface area contributed by atoms with Crippen LogP contribution in [-0.2, 0) is 29.1 Å². The van der Waals surface area contributed by atoms with E-state index in [-0.39, 0.29) is 23.9 Å². The molecule has 3 aliphatic heterocycles.